The summed E-state index contributed by atoms with van der Waals surface area (Å²) in [6.45, 7) is 0.755. The second-order valence-electron chi connectivity index (χ2n) is 3.70. The van der Waals surface area contributed by atoms with Gasteiger partial charge in [-0.2, -0.15) is 0 Å². The summed E-state index contributed by atoms with van der Waals surface area (Å²) < 4.78 is 0. The molecule has 0 unspecified atom stereocenters. The summed E-state index contributed by atoms with van der Waals surface area (Å²) in [5.74, 6) is 1.29. The first-order valence-corrected chi connectivity index (χ1v) is 7.35. The van der Waals surface area contributed by atoms with Gasteiger partial charge in [-0.05, 0) is 25.0 Å². The Morgan fingerprint density at radius 3 is 2.65 bits per heavy atom. The largest absolute Gasteiger partial charge is 0.355 e. The Morgan fingerprint density at radius 2 is 1.94 bits per heavy atom. The van der Waals surface area contributed by atoms with E-state index in [9.17, 15) is 4.79 Å². The van der Waals surface area contributed by atoms with Crippen LogP contribution in [0.3, 0.4) is 0 Å². The molecule has 0 aliphatic heterocycles. The SMILES string of the molecule is O=C(CSc1ccccc1)NCCCCCCl. The molecule has 0 aromatic heterocycles. The van der Waals surface area contributed by atoms with Gasteiger partial charge in [0.05, 0.1) is 5.75 Å². The number of hydrogen-bond acceptors (Lipinski definition) is 2. The third kappa shape index (κ3) is 7.29. The number of alkyl halides is 1. The molecular weight excluding hydrogens is 254 g/mol. The molecule has 0 aliphatic carbocycles. The van der Waals surface area contributed by atoms with E-state index in [1.54, 1.807) is 11.8 Å². The summed E-state index contributed by atoms with van der Waals surface area (Å²) in [5, 5.41) is 2.91. The number of halogens is 1. The van der Waals surface area contributed by atoms with Crippen molar-refractivity contribution in [2.45, 2.75) is 24.2 Å². The minimum absolute atomic E-state index is 0.102. The first-order chi connectivity index (χ1) is 8.33. The third-order valence-corrected chi connectivity index (χ3v) is 3.52. The van der Waals surface area contributed by atoms with Crippen LogP contribution in [0.25, 0.3) is 0 Å². The molecule has 1 aromatic rings. The predicted molar refractivity (Wildman–Crippen MR) is 74.7 cm³/mol. The van der Waals surface area contributed by atoms with Gasteiger partial charge in [0.25, 0.3) is 0 Å². The molecule has 1 rings (SSSR count). The number of carbonyl (C=O) groups is 1. The van der Waals surface area contributed by atoms with Gasteiger partial charge >= 0.3 is 0 Å². The zero-order valence-corrected chi connectivity index (χ0v) is 11.4. The molecule has 0 aliphatic rings. The van der Waals surface area contributed by atoms with Crippen molar-refractivity contribution in [3.8, 4) is 0 Å². The lowest BCUT2D eigenvalue weighted by Crippen LogP contribution is -2.26. The van der Waals surface area contributed by atoms with E-state index in [0.717, 1.165) is 30.7 Å². The zero-order valence-electron chi connectivity index (χ0n) is 9.82. The monoisotopic (exact) mass is 271 g/mol. The molecule has 4 heteroatoms. The molecule has 17 heavy (non-hydrogen) atoms. The maximum absolute atomic E-state index is 11.5. The van der Waals surface area contributed by atoms with Gasteiger partial charge in [0, 0.05) is 17.3 Å². The number of rotatable bonds is 8. The van der Waals surface area contributed by atoms with E-state index >= 15 is 0 Å². The van der Waals surface area contributed by atoms with Crippen LogP contribution in [0.4, 0.5) is 0 Å². The van der Waals surface area contributed by atoms with Crippen LogP contribution in [0.1, 0.15) is 19.3 Å². The van der Waals surface area contributed by atoms with Crippen molar-refractivity contribution < 1.29 is 4.79 Å². The van der Waals surface area contributed by atoms with E-state index in [1.807, 2.05) is 30.3 Å². The number of benzene rings is 1. The van der Waals surface area contributed by atoms with Crippen LogP contribution >= 0.6 is 23.4 Å². The van der Waals surface area contributed by atoms with E-state index in [2.05, 4.69) is 5.32 Å². The summed E-state index contributed by atoms with van der Waals surface area (Å²) in [6.07, 6.45) is 3.11. The number of amides is 1. The fourth-order valence-corrected chi connectivity index (χ4v) is 2.28. The van der Waals surface area contributed by atoms with Crippen molar-refractivity contribution in [2.75, 3.05) is 18.2 Å². The van der Waals surface area contributed by atoms with Crippen LogP contribution in [-0.4, -0.2) is 24.1 Å². The quantitative estimate of drug-likeness (QED) is 0.447. The van der Waals surface area contributed by atoms with Gasteiger partial charge in [-0.15, -0.1) is 23.4 Å². The average molecular weight is 272 g/mol. The van der Waals surface area contributed by atoms with Gasteiger partial charge in [0.2, 0.25) is 5.91 Å². The molecule has 0 atom stereocenters. The first kappa shape index (κ1) is 14.4. The van der Waals surface area contributed by atoms with Crippen molar-refractivity contribution >= 4 is 29.3 Å². The van der Waals surface area contributed by atoms with Gasteiger partial charge in [0.15, 0.2) is 0 Å². The molecule has 0 saturated heterocycles. The Balaban J connectivity index is 2.05. The second kappa shape index (κ2) is 9.37. The molecule has 0 fully saturated rings. The molecule has 0 heterocycles. The maximum atomic E-state index is 11.5. The molecule has 1 aromatic carbocycles. The third-order valence-electron chi connectivity index (χ3n) is 2.25. The molecule has 1 N–H and O–H groups in total. The molecular formula is C13H18ClNOS. The summed E-state index contributed by atoms with van der Waals surface area (Å²) in [7, 11) is 0. The maximum Gasteiger partial charge on any atom is 0.230 e. The number of thioether (sulfide) groups is 1. The Morgan fingerprint density at radius 1 is 1.18 bits per heavy atom. The molecule has 0 spiro atoms. The highest BCUT2D eigenvalue weighted by molar-refractivity contribution is 8.00. The van der Waals surface area contributed by atoms with Crippen molar-refractivity contribution in [1.29, 1.82) is 0 Å². The van der Waals surface area contributed by atoms with Gasteiger partial charge < -0.3 is 5.32 Å². The van der Waals surface area contributed by atoms with Crippen LogP contribution in [0, 0.1) is 0 Å². The normalized spacial score (nSPS) is 10.2. The minimum Gasteiger partial charge on any atom is -0.355 e. The molecule has 1 amide bonds. The number of hydrogen-bond donors (Lipinski definition) is 1. The van der Waals surface area contributed by atoms with Crippen molar-refractivity contribution in [3.63, 3.8) is 0 Å². The average Bonchev–Trinajstić information content (AvgIpc) is 2.37. The fraction of sp³-hybridized carbons (Fsp3) is 0.462. The standard InChI is InChI=1S/C13H18ClNOS/c14-9-5-2-6-10-15-13(16)11-17-12-7-3-1-4-8-12/h1,3-4,7-8H,2,5-6,9-11H2,(H,15,16). The fourth-order valence-electron chi connectivity index (χ4n) is 1.34. The number of carbonyl (C=O) groups excluding carboxylic acids is 1. The lowest BCUT2D eigenvalue weighted by atomic mass is 10.2. The predicted octanol–water partition coefficient (Wildman–Crippen LogP) is 3.30. The van der Waals surface area contributed by atoms with Crippen LogP contribution in [0.5, 0.6) is 0 Å². The highest BCUT2D eigenvalue weighted by Gasteiger charge is 2.01. The van der Waals surface area contributed by atoms with Crippen LogP contribution in [-0.2, 0) is 4.79 Å². The summed E-state index contributed by atoms with van der Waals surface area (Å²) in [5.41, 5.74) is 0. The lowest BCUT2D eigenvalue weighted by molar-refractivity contribution is -0.118. The molecule has 0 bridgehead atoms. The van der Waals surface area contributed by atoms with Crippen LogP contribution in [0.2, 0.25) is 0 Å². The molecule has 0 saturated carbocycles. The Kier molecular flexibility index (Phi) is 7.93. The topological polar surface area (TPSA) is 29.1 Å². The number of unbranched alkanes of at least 4 members (excludes halogenated alkanes) is 2. The summed E-state index contributed by atoms with van der Waals surface area (Å²) >= 11 is 7.13. The molecule has 2 nitrogen and oxygen atoms in total. The summed E-state index contributed by atoms with van der Waals surface area (Å²) in [6, 6.07) is 9.95. The Hall–Kier alpha value is -0.670. The highest BCUT2D eigenvalue weighted by Crippen LogP contribution is 2.16. The van der Waals surface area contributed by atoms with Gasteiger partial charge in [-0.1, -0.05) is 24.6 Å². The van der Waals surface area contributed by atoms with Crippen molar-refractivity contribution in [1.82, 2.24) is 5.32 Å². The minimum atomic E-state index is 0.102. The van der Waals surface area contributed by atoms with E-state index < -0.39 is 0 Å². The van der Waals surface area contributed by atoms with Gasteiger partial charge in [-0.25, -0.2) is 0 Å². The Bertz CT molecular complexity index is 318. The van der Waals surface area contributed by atoms with Gasteiger partial charge in [0.1, 0.15) is 0 Å². The van der Waals surface area contributed by atoms with Crippen LogP contribution < -0.4 is 5.32 Å². The number of nitrogens with one attached hydrogen (secondary N) is 1. The van der Waals surface area contributed by atoms with Crippen molar-refractivity contribution in [2.24, 2.45) is 0 Å². The summed E-state index contributed by atoms with van der Waals surface area (Å²) in [4.78, 5) is 12.6. The smallest absolute Gasteiger partial charge is 0.230 e. The van der Waals surface area contributed by atoms with Crippen molar-refractivity contribution in [3.05, 3.63) is 30.3 Å². The second-order valence-corrected chi connectivity index (χ2v) is 5.13. The highest BCUT2D eigenvalue weighted by atomic mass is 35.5. The molecule has 0 radical (unpaired) electrons. The van der Waals surface area contributed by atoms with Gasteiger partial charge in [-0.3, -0.25) is 4.79 Å². The van der Waals surface area contributed by atoms with E-state index in [4.69, 9.17) is 11.6 Å². The van der Waals surface area contributed by atoms with E-state index in [-0.39, 0.29) is 5.91 Å². The van der Waals surface area contributed by atoms with Crippen LogP contribution in [0.15, 0.2) is 35.2 Å². The first-order valence-electron chi connectivity index (χ1n) is 5.83. The molecule has 94 valence electrons. The van der Waals surface area contributed by atoms with E-state index in [0.29, 0.717) is 11.6 Å². The Labute approximate surface area is 112 Å². The van der Waals surface area contributed by atoms with E-state index in [1.165, 1.54) is 0 Å². The zero-order chi connectivity index (χ0) is 12.3. The lowest BCUT2D eigenvalue weighted by Gasteiger charge is -2.04.